The summed E-state index contributed by atoms with van der Waals surface area (Å²) in [4.78, 5) is 1.07. The van der Waals surface area contributed by atoms with Crippen molar-refractivity contribution in [3.8, 4) is 10.7 Å². The van der Waals surface area contributed by atoms with Gasteiger partial charge in [0, 0.05) is 7.05 Å². The molecular weight excluding hydrogens is 280 g/mol. The van der Waals surface area contributed by atoms with Crippen LogP contribution >= 0.6 is 23.6 Å². The van der Waals surface area contributed by atoms with Crippen LogP contribution in [0.3, 0.4) is 0 Å². The van der Waals surface area contributed by atoms with E-state index in [4.69, 9.17) is 12.2 Å². The lowest BCUT2D eigenvalue weighted by Gasteiger charge is -2.13. The quantitative estimate of drug-likeness (QED) is 0.753. The van der Waals surface area contributed by atoms with E-state index in [1.807, 2.05) is 40.6 Å². The molecule has 98 valence electrons. The summed E-state index contributed by atoms with van der Waals surface area (Å²) in [5.74, 6) is 1.67. The van der Waals surface area contributed by atoms with Gasteiger partial charge in [0.05, 0.1) is 10.9 Å². The number of hydrogen-bond acceptors (Lipinski definition) is 5. The Kier molecular flexibility index (Phi) is 3.03. The van der Waals surface area contributed by atoms with E-state index in [9.17, 15) is 0 Å². The maximum Gasteiger partial charge on any atom is 0.196 e. The molecule has 3 heterocycles. The number of nitrogens with zero attached hydrogens (tertiary/aromatic N) is 5. The van der Waals surface area contributed by atoms with Crippen molar-refractivity contribution in [2.45, 2.75) is 13.0 Å². The Bertz CT molecular complexity index is 735. The molecule has 3 aromatic rings. The molecule has 0 aromatic carbocycles. The third-order valence-electron chi connectivity index (χ3n) is 2.95. The predicted molar refractivity (Wildman–Crippen MR) is 75.5 cm³/mol. The summed E-state index contributed by atoms with van der Waals surface area (Å²) in [5, 5.41) is 17.2. The Morgan fingerprint density at radius 1 is 1.47 bits per heavy atom. The molecule has 3 aromatic heterocycles. The fourth-order valence-electron chi connectivity index (χ4n) is 2.03. The Hall–Kier alpha value is -1.80. The molecule has 19 heavy (non-hydrogen) atoms. The topological polar surface area (TPSA) is 64.3 Å². The molecule has 0 radical (unpaired) electrons. The lowest BCUT2D eigenvalue weighted by Crippen LogP contribution is -2.13. The lowest BCUT2D eigenvalue weighted by atomic mass is 10.3. The molecule has 0 saturated carbocycles. The van der Waals surface area contributed by atoms with Gasteiger partial charge < -0.3 is 4.57 Å². The zero-order chi connectivity index (χ0) is 13.4. The SMILES string of the molecule is CC(c1nncn1C)n1c(-c2cccs2)n[nH]c1=S. The summed E-state index contributed by atoms with van der Waals surface area (Å²) in [7, 11) is 1.92. The van der Waals surface area contributed by atoms with Crippen molar-refractivity contribution in [3.05, 3.63) is 34.4 Å². The predicted octanol–water partition coefficient (Wildman–Crippen LogP) is 2.41. The van der Waals surface area contributed by atoms with Crippen LogP contribution in [0, 0.1) is 4.77 Å². The molecule has 0 bridgehead atoms. The number of H-pyrrole nitrogens is 1. The van der Waals surface area contributed by atoms with E-state index in [1.165, 1.54) is 0 Å². The number of aryl methyl sites for hydroxylation is 1. The Morgan fingerprint density at radius 3 is 2.95 bits per heavy atom. The lowest BCUT2D eigenvalue weighted by molar-refractivity contribution is 0.572. The largest absolute Gasteiger partial charge is 0.319 e. The molecule has 0 amide bonds. The number of aromatic amines is 1. The summed E-state index contributed by atoms with van der Waals surface area (Å²) >= 11 is 6.96. The van der Waals surface area contributed by atoms with Crippen molar-refractivity contribution in [3.63, 3.8) is 0 Å². The minimum absolute atomic E-state index is 0.0316. The summed E-state index contributed by atoms with van der Waals surface area (Å²) in [6.07, 6.45) is 1.68. The highest BCUT2D eigenvalue weighted by atomic mass is 32.1. The van der Waals surface area contributed by atoms with Gasteiger partial charge in [-0.2, -0.15) is 5.10 Å². The van der Waals surface area contributed by atoms with E-state index in [0.717, 1.165) is 16.5 Å². The number of thiophene rings is 1. The van der Waals surface area contributed by atoms with Gasteiger partial charge in [-0.25, -0.2) is 0 Å². The first-order chi connectivity index (χ1) is 9.18. The first kappa shape index (κ1) is 12.2. The van der Waals surface area contributed by atoms with Crippen molar-refractivity contribution in [2.24, 2.45) is 7.05 Å². The standard InChI is InChI=1S/C11H12N6S2/c1-7(9-13-12-6-16(9)2)17-10(14-15-11(17)18)8-4-3-5-19-8/h3-7H,1-2H3,(H,15,18). The number of rotatable bonds is 3. The van der Waals surface area contributed by atoms with Crippen LogP contribution in [0.25, 0.3) is 10.7 Å². The van der Waals surface area contributed by atoms with E-state index in [2.05, 4.69) is 20.4 Å². The van der Waals surface area contributed by atoms with E-state index < -0.39 is 0 Å². The van der Waals surface area contributed by atoms with Gasteiger partial charge in [0.2, 0.25) is 0 Å². The van der Waals surface area contributed by atoms with E-state index in [1.54, 1.807) is 17.7 Å². The van der Waals surface area contributed by atoms with Crippen LogP contribution in [0.1, 0.15) is 18.8 Å². The first-order valence-electron chi connectivity index (χ1n) is 5.73. The minimum Gasteiger partial charge on any atom is -0.319 e. The number of nitrogens with one attached hydrogen (secondary N) is 1. The maximum atomic E-state index is 5.33. The highest BCUT2D eigenvalue weighted by Gasteiger charge is 2.19. The van der Waals surface area contributed by atoms with Crippen LogP contribution in [0.2, 0.25) is 0 Å². The minimum atomic E-state index is -0.0316. The van der Waals surface area contributed by atoms with E-state index in [-0.39, 0.29) is 6.04 Å². The molecule has 0 aliphatic carbocycles. The number of hydrogen-bond donors (Lipinski definition) is 1. The molecule has 1 atom stereocenters. The average molecular weight is 292 g/mol. The van der Waals surface area contributed by atoms with Crippen LogP contribution in [0.5, 0.6) is 0 Å². The molecule has 0 spiro atoms. The Balaban J connectivity index is 2.13. The van der Waals surface area contributed by atoms with Crippen LogP contribution in [-0.2, 0) is 7.05 Å². The number of aromatic nitrogens is 6. The molecule has 0 aliphatic heterocycles. The average Bonchev–Trinajstić information content (AvgIpc) is 3.07. The molecule has 6 nitrogen and oxygen atoms in total. The summed E-state index contributed by atoms with van der Waals surface area (Å²) in [5.41, 5.74) is 0. The Morgan fingerprint density at radius 2 is 2.32 bits per heavy atom. The molecule has 1 unspecified atom stereocenters. The molecule has 1 N–H and O–H groups in total. The van der Waals surface area contributed by atoms with E-state index in [0.29, 0.717) is 4.77 Å². The van der Waals surface area contributed by atoms with Crippen molar-refractivity contribution in [2.75, 3.05) is 0 Å². The zero-order valence-electron chi connectivity index (χ0n) is 10.4. The molecular formula is C11H12N6S2. The second kappa shape index (κ2) is 4.71. The van der Waals surface area contributed by atoms with E-state index >= 15 is 0 Å². The zero-order valence-corrected chi connectivity index (χ0v) is 12.1. The van der Waals surface area contributed by atoms with Crippen molar-refractivity contribution < 1.29 is 0 Å². The first-order valence-corrected chi connectivity index (χ1v) is 7.02. The fourth-order valence-corrected chi connectivity index (χ4v) is 3.03. The molecule has 3 rings (SSSR count). The highest BCUT2D eigenvalue weighted by molar-refractivity contribution is 7.71. The van der Waals surface area contributed by atoms with Gasteiger partial charge >= 0.3 is 0 Å². The summed E-state index contributed by atoms with van der Waals surface area (Å²) < 4.78 is 4.43. The van der Waals surface area contributed by atoms with Crippen LogP contribution in [0.4, 0.5) is 0 Å². The van der Waals surface area contributed by atoms with Gasteiger partial charge in [-0.1, -0.05) is 6.07 Å². The second-order valence-corrected chi connectivity index (χ2v) is 5.51. The van der Waals surface area contributed by atoms with Crippen molar-refractivity contribution in [1.82, 2.24) is 29.5 Å². The Labute approximate surface area is 118 Å². The van der Waals surface area contributed by atoms with Gasteiger partial charge in [0.25, 0.3) is 0 Å². The smallest absolute Gasteiger partial charge is 0.196 e. The fraction of sp³-hybridized carbons (Fsp3) is 0.273. The van der Waals surface area contributed by atoms with Crippen LogP contribution < -0.4 is 0 Å². The van der Waals surface area contributed by atoms with Crippen molar-refractivity contribution in [1.29, 1.82) is 0 Å². The van der Waals surface area contributed by atoms with Gasteiger partial charge in [0.15, 0.2) is 16.4 Å². The summed E-state index contributed by atoms with van der Waals surface area (Å²) in [6, 6.07) is 3.99. The molecule has 0 saturated heterocycles. The second-order valence-electron chi connectivity index (χ2n) is 4.18. The third kappa shape index (κ3) is 2.02. The maximum absolute atomic E-state index is 5.33. The van der Waals surface area contributed by atoms with Crippen molar-refractivity contribution >= 4 is 23.6 Å². The van der Waals surface area contributed by atoms with Crippen LogP contribution in [-0.4, -0.2) is 29.5 Å². The monoisotopic (exact) mass is 292 g/mol. The van der Waals surface area contributed by atoms with Gasteiger partial charge in [-0.15, -0.1) is 21.5 Å². The third-order valence-corrected chi connectivity index (χ3v) is 4.11. The van der Waals surface area contributed by atoms with Crippen LogP contribution in [0.15, 0.2) is 23.8 Å². The van der Waals surface area contributed by atoms with Gasteiger partial charge in [-0.3, -0.25) is 9.67 Å². The molecule has 0 fully saturated rings. The molecule has 8 heteroatoms. The normalized spacial score (nSPS) is 12.7. The molecule has 0 aliphatic rings. The van der Waals surface area contributed by atoms with Gasteiger partial charge in [0.1, 0.15) is 6.33 Å². The summed E-state index contributed by atoms with van der Waals surface area (Å²) in [6.45, 7) is 2.03. The highest BCUT2D eigenvalue weighted by Crippen LogP contribution is 2.27. The van der Waals surface area contributed by atoms with Gasteiger partial charge in [-0.05, 0) is 30.6 Å².